The summed E-state index contributed by atoms with van der Waals surface area (Å²) < 4.78 is 11.0. The predicted octanol–water partition coefficient (Wildman–Crippen LogP) is 3.54. The predicted molar refractivity (Wildman–Crippen MR) is 96.8 cm³/mol. The number of carbonyl (C=O) groups excluding carboxylic acids is 1. The molecule has 25 heavy (non-hydrogen) atoms. The zero-order valence-electron chi connectivity index (χ0n) is 14.4. The van der Waals surface area contributed by atoms with Crippen molar-refractivity contribution in [3.05, 3.63) is 46.0 Å². The maximum Gasteiger partial charge on any atom is 0.289 e. The van der Waals surface area contributed by atoms with Crippen LogP contribution >= 0.6 is 11.3 Å². The first-order valence-corrected chi connectivity index (χ1v) is 9.86. The molecule has 0 radical (unpaired) electrons. The van der Waals surface area contributed by atoms with Crippen molar-refractivity contribution in [3.63, 3.8) is 0 Å². The van der Waals surface area contributed by atoms with Crippen molar-refractivity contribution in [1.82, 2.24) is 9.80 Å². The molecule has 0 aliphatic carbocycles. The van der Waals surface area contributed by atoms with Crippen molar-refractivity contribution < 1.29 is 13.9 Å². The molecule has 2 fully saturated rings. The van der Waals surface area contributed by atoms with Gasteiger partial charge in [0.05, 0.1) is 12.4 Å². The lowest BCUT2D eigenvalue weighted by molar-refractivity contribution is 0.0729. The number of rotatable bonds is 4. The molecule has 0 aromatic carbocycles. The van der Waals surface area contributed by atoms with Crippen LogP contribution in [-0.4, -0.2) is 48.5 Å². The van der Waals surface area contributed by atoms with Gasteiger partial charge in [0, 0.05) is 49.1 Å². The maximum atomic E-state index is 12.4. The van der Waals surface area contributed by atoms with Crippen molar-refractivity contribution in [1.29, 1.82) is 0 Å². The van der Waals surface area contributed by atoms with Gasteiger partial charge in [-0.15, -0.1) is 11.3 Å². The number of furan rings is 1. The summed E-state index contributed by atoms with van der Waals surface area (Å²) in [4.78, 5) is 19.5. The zero-order chi connectivity index (χ0) is 17.1. The van der Waals surface area contributed by atoms with Crippen LogP contribution in [0.4, 0.5) is 0 Å². The van der Waals surface area contributed by atoms with Gasteiger partial charge in [0.15, 0.2) is 5.76 Å². The minimum absolute atomic E-state index is 0.00337. The lowest BCUT2D eigenvalue weighted by atomic mass is 10.2. The van der Waals surface area contributed by atoms with E-state index in [2.05, 4.69) is 17.0 Å². The van der Waals surface area contributed by atoms with Gasteiger partial charge in [-0.25, -0.2) is 0 Å². The van der Waals surface area contributed by atoms with Crippen molar-refractivity contribution in [2.45, 2.75) is 31.9 Å². The monoisotopic (exact) mass is 360 g/mol. The van der Waals surface area contributed by atoms with E-state index in [-0.39, 0.29) is 5.91 Å². The van der Waals surface area contributed by atoms with Crippen molar-refractivity contribution in [2.24, 2.45) is 0 Å². The first-order valence-electron chi connectivity index (χ1n) is 9.05. The Bertz CT molecular complexity index is 691. The first-order chi connectivity index (χ1) is 12.3. The largest absolute Gasteiger partial charge is 0.459 e. The van der Waals surface area contributed by atoms with E-state index >= 15 is 0 Å². The molecule has 0 unspecified atom stereocenters. The number of nitrogens with zero attached hydrogens (tertiary/aromatic N) is 2. The van der Waals surface area contributed by atoms with E-state index in [1.165, 1.54) is 16.2 Å². The summed E-state index contributed by atoms with van der Waals surface area (Å²) in [5, 5.41) is 0. The van der Waals surface area contributed by atoms with E-state index in [4.69, 9.17) is 9.15 Å². The highest BCUT2D eigenvalue weighted by Crippen LogP contribution is 2.33. The van der Waals surface area contributed by atoms with Crippen LogP contribution in [0.25, 0.3) is 0 Å². The molecule has 1 atom stereocenters. The number of ether oxygens (including phenoxy) is 1. The highest BCUT2D eigenvalue weighted by Gasteiger charge is 2.23. The Hall–Kier alpha value is -1.63. The van der Waals surface area contributed by atoms with Crippen LogP contribution in [0.2, 0.25) is 0 Å². The first kappa shape index (κ1) is 16.8. The van der Waals surface area contributed by atoms with E-state index < -0.39 is 0 Å². The minimum atomic E-state index is 0.00337. The number of hydrogen-bond donors (Lipinski definition) is 0. The summed E-state index contributed by atoms with van der Waals surface area (Å²) in [5.41, 5.74) is 0. The van der Waals surface area contributed by atoms with Gasteiger partial charge < -0.3 is 14.1 Å². The molecule has 0 bridgehead atoms. The van der Waals surface area contributed by atoms with Gasteiger partial charge in [0.25, 0.3) is 5.91 Å². The molecule has 5 nitrogen and oxygen atoms in total. The second-order valence-corrected chi connectivity index (χ2v) is 7.90. The Morgan fingerprint density at radius 2 is 2.12 bits per heavy atom. The molecule has 0 spiro atoms. The molecule has 2 saturated heterocycles. The normalized spacial score (nSPS) is 22.2. The summed E-state index contributed by atoms with van der Waals surface area (Å²) in [6, 6.07) is 7.96. The van der Waals surface area contributed by atoms with Gasteiger partial charge in [0.1, 0.15) is 0 Å². The third kappa shape index (κ3) is 3.97. The average molecular weight is 360 g/mol. The second-order valence-electron chi connectivity index (χ2n) is 6.70. The van der Waals surface area contributed by atoms with Gasteiger partial charge in [0.2, 0.25) is 0 Å². The van der Waals surface area contributed by atoms with Crippen molar-refractivity contribution in [2.75, 3.05) is 32.8 Å². The van der Waals surface area contributed by atoms with Crippen LogP contribution in [0, 0.1) is 0 Å². The summed E-state index contributed by atoms with van der Waals surface area (Å²) in [5.74, 6) is 0.441. The third-order valence-corrected chi connectivity index (χ3v) is 6.08. The second kappa shape index (κ2) is 7.72. The molecule has 2 aromatic rings. The van der Waals surface area contributed by atoms with Gasteiger partial charge in [-0.1, -0.05) is 0 Å². The summed E-state index contributed by atoms with van der Waals surface area (Å²) >= 11 is 1.87. The Morgan fingerprint density at radius 1 is 1.16 bits per heavy atom. The van der Waals surface area contributed by atoms with E-state index in [0.717, 1.165) is 52.2 Å². The molecular weight excluding hydrogens is 336 g/mol. The molecule has 6 heteroatoms. The Labute approximate surface area is 152 Å². The number of hydrogen-bond acceptors (Lipinski definition) is 5. The Balaban J connectivity index is 1.33. The molecule has 0 N–H and O–H groups in total. The number of amides is 1. The third-order valence-electron chi connectivity index (χ3n) is 4.92. The minimum Gasteiger partial charge on any atom is -0.459 e. The van der Waals surface area contributed by atoms with Crippen LogP contribution in [0.1, 0.15) is 45.7 Å². The number of carbonyl (C=O) groups is 1. The quantitative estimate of drug-likeness (QED) is 0.837. The van der Waals surface area contributed by atoms with Crippen molar-refractivity contribution >= 4 is 17.2 Å². The SMILES string of the molecule is O=C(c1ccco1)N1CCCN(Cc2ccc([C@H]3CCCO3)s2)CC1. The Kier molecular flexibility index (Phi) is 5.20. The standard InChI is InChI=1S/C19H24N2O3S/c22-19(17-5-2-13-24-17)21-9-3-8-20(10-11-21)14-15-6-7-18(25-15)16-4-1-12-23-16/h2,5-7,13,16H,1,3-4,8-12,14H2/t16-/m1/s1. The molecule has 1 amide bonds. The van der Waals surface area contributed by atoms with E-state index in [1.54, 1.807) is 18.4 Å². The summed E-state index contributed by atoms with van der Waals surface area (Å²) in [6.07, 6.45) is 5.18. The van der Waals surface area contributed by atoms with Gasteiger partial charge in [-0.2, -0.15) is 0 Å². The van der Waals surface area contributed by atoms with E-state index in [0.29, 0.717) is 11.9 Å². The van der Waals surface area contributed by atoms with E-state index in [1.807, 2.05) is 16.2 Å². The number of thiophene rings is 1. The lowest BCUT2D eigenvalue weighted by Crippen LogP contribution is -2.34. The highest BCUT2D eigenvalue weighted by atomic mass is 32.1. The molecule has 2 aromatic heterocycles. The smallest absolute Gasteiger partial charge is 0.289 e. The molecule has 4 heterocycles. The summed E-state index contributed by atoms with van der Waals surface area (Å²) in [7, 11) is 0. The fourth-order valence-corrected chi connectivity index (χ4v) is 4.70. The van der Waals surface area contributed by atoms with Gasteiger partial charge in [-0.05, 0) is 43.5 Å². The molecule has 0 saturated carbocycles. The fraction of sp³-hybridized carbons (Fsp3) is 0.526. The van der Waals surface area contributed by atoms with Crippen LogP contribution in [0.5, 0.6) is 0 Å². The Morgan fingerprint density at radius 3 is 2.92 bits per heavy atom. The zero-order valence-corrected chi connectivity index (χ0v) is 15.2. The van der Waals surface area contributed by atoms with Gasteiger partial charge >= 0.3 is 0 Å². The molecule has 2 aliphatic rings. The molecular formula is C19H24N2O3S. The molecule has 4 rings (SSSR count). The molecule has 2 aliphatic heterocycles. The lowest BCUT2D eigenvalue weighted by Gasteiger charge is -2.21. The van der Waals surface area contributed by atoms with Crippen LogP contribution < -0.4 is 0 Å². The fourth-order valence-electron chi connectivity index (χ4n) is 3.56. The van der Waals surface area contributed by atoms with Crippen LogP contribution in [-0.2, 0) is 11.3 Å². The van der Waals surface area contributed by atoms with Gasteiger partial charge in [-0.3, -0.25) is 9.69 Å². The van der Waals surface area contributed by atoms with Crippen LogP contribution in [0.3, 0.4) is 0 Å². The average Bonchev–Trinajstić information content (AvgIpc) is 3.36. The van der Waals surface area contributed by atoms with Crippen LogP contribution in [0.15, 0.2) is 34.9 Å². The summed E-state index contributed by atoms with van der Waals surface area (Å²) in [6.45, 7) is 5.32. The van der Waals surface area contributed by atoms with E-state index in [9.17, 15) is 4.79 Å². The topological polar surface area (TPSA) is 45.9 Å². The highest BCUT2D eigenvalue weighted by molar-refractivity contribution is 7.12. The maximum absolute atomic E-state index is 12.4. The van der Waals surface area contributed by atoms with Crippen molar-refractivity contribution in [3.8, 4) is 0 Å². The molecule has 134 valence electrons.